The first-order valence-electron chi connectivity index (χ1n) is 7.12. The van der Waals surface area contributed by atoms with Crippen molar-refractivity contribution in [3.05, 3.63) is 35.4 Å². The van der Waals surface area contributed by atoms with Gasteiger partial charge in [-0.25, -0.2) is 0 Å². The van der Waals surface area contributed by atoms with Crippen LogP contribution in [0.15, 0.2) is 24.3 Å². The molecular weight excluding hydrogens is 266 g/mol. The summed E-state index contributed by atoms with van der Waals surface area (Å²) in [4.78, 5) is 2.16. The van der Waals surface area contributed by atoms with E-state index in [0.29, 0.717) is 13.2 Å². The van der Waals surface area contributed by atoms with Crippen molar-refractivity contribution in [2.75, 3.05) is 40.0 Å². The third kappa shape index (κ3) is 7.26. The summed E-state index contributed by atoms with van der Waals surface area (Å²) in [5.74, 6) is 2.39. The average Bonchev–Trinajstić information content (AvgIpc) is 2.47. The lowest BCUT2D eigenvalue weighted by Gasteiger charge is -2.25. The van der Waals surface area contributed by atoms with Gasteiger partial charge in [0.05, 0.1) is 19.3 Å². The Kier molecular flexibility index (Phi) is 8.72. The summed E-state index contributed by atoms with van der Waals surface area (Å²) in [6, 6.07) is 8.26. The van der Waals surface area contributed by atoms with Crippen molar-refractivity contribution in [2.45, 2.75) is 19.6 Å². The van der Waals surface area contributed by atoms with E-state index in [1.54, 1.807) is 7.11 Å². The van der Waals surface area contributed by atoms with E-state index in [1.165, 1.54) is 11.1 Å². The van der Waals surface area contributed by atoms with E-state index >= 15 is 0 Å². The maximum absolute atomic E-state index is 10.0. The second kappa shape index (κ2) is 10.4. The SMILES string of the molecule is C#CCOCC(O)CN(CCOC)Cc1ccccc1C. The van der Waals surface area contributed by atoms with Crippen LogP contribution in [0.2, 0.25) is 0 Å². The largest absolute Gasteiger partial charge is 0.389 e. The predicted octanol–water partition coefficient (Wildman–Crippen LogP) is 1.45. The van der Waals surface area contributed by atoms with Gasteiger partial charge in [-0.15, -0.1) is 6.42 Å². The minimum absolute atomic E-state index is 0.229. The van der Waals surface area contributed by atoms with E-state index in [9.17, 15) is 5.11 Å². The van der Waals surface area contributed by atoms with E-state index in [0.717, 1.165) is 13.1 Å². The molecule has 0 spiro atoms. The number of aliphatic hydroxyl groups excluding tert-OH is 1. The smallest absolute Gasteiger partial charge is 0.107 e. The number of hydrogen-bond donors (Lipinski definition) is 1. The van der Waals surface area contributed by atoms with Crippen LogP contribution in [0.3, 0.4) is 0 Å². The molecule has 0 amide bonds. The quantitative estimate of drug-likeness (QED) is 0.523. The average molecular weight is 291 g/mol. The van der Waals surface area contributed by atoms with Crippen molar-refractivity contribution >= 4 is 0 Å². The molecule has 1 aromatic carbocycles. The Balaban J connectivity index is 2.55. The van der Waals surface area contributed by atoms with Crippen molar-refractivity contribution in [3.8, 4) is 12.3 Å². The molecule has 0 fully saturated rings. The first-order chi connectivity index (χ1) is 10.2. The summed E-state index contributed by atoms with van der Waals surface area (Å²) in [7, 11) is 1.68. The van der Waals surface area contributed by atoms with Gasteiger partial charge in [0.15, 0.2) is 0 Å². The van der Waals surface area contributed by atoms with Gasteiger partial charge >= 0.3 is 0 Å². The molecular formula is C17H25NO3. The van der Waals surface area contributed by atoms with Crippen molar-refractivity contribution in [2.24, 2.45) is 0 Å². The molecule has 1 aromatic rings. The number of terminal acetylenes is 1. The van der Waals surface area contributed by atoms with Gasteiger partial charge in [-0.3, -0.25) is 4.90 Å². The Morgan fingerprint density at radius 1 is 1.38 bits per heavy atom. The molecule has 4 heteroatoms. The lowest BCUT2D eigenvalue weighted by Crippen LogP contribution is -2.36. The molecule has 0 bridgehead atoms. The predicted molar refractivity (Wildman–Crippen MR) is 84.0 cm³/mol. The summed E-state index contributed by atoms with van der Waals surface area (Å²) < 4.78 is 10.3. The second-order valence-electron chi connectivity index (χ2n) is 5.03. The lowest BCUT2D eigenvalue weighted by atomic mass is 10.1. The molecule has 0 radical (unpaired) electrons. The zero-order valence-corrected chi connectivity index (χ0v) is 12.9. The number of aliphatic hydroxyl groups is 1. The molecule has 0 saturated carbocycles. The molecule has 0 heterocycles. The van der Waals surface area contributed by atoms with Gasteiger partial charge in [0.25, 0.3) is 0 Å². The minimum Gasteiger partial charge on any atom is -0.389 e. The Morgan fingerprint density at radius 3 is 2.81 bits per heavy atom. The molecule has 1 unspecified atom stereocenters. The first-order valence-corrected chi connectivity index (χ1v) is 7.12. The highest BCUT2D eigenvalue weighted by Gasteiger charge is 2.13. The summed E-state index contributed by atoms with van der Waals surface area (Å²) in [6.07, 6.45) is 4.56. The number of nitrogens with zero attached hydrogens (tertiary/aromatic N) is 1. The molecule has 1 N–H and O–H groups in total. The third-order valence-corrected chi connectivity index (χ3v) is 3.23. The first kappa shape index (κ1) is 17.7. The van der Waals surface area contributed by atoms with Gasteiger partial charge in [-0.1, -0.05) is 30.2 Å². The Morgan fingerprint density at radius 2 is 2.14 bits per heavy atom. The zero-order valence-electron chi connectivity index (χ0n) is 12.9. The normalized spacial score (nSPS) is 12.3. The van der Waals surface area contributed by atoms with Crippen LogP contribution in [0, 0.1) is 19.3 Å². The van der Waals surface area contributed by atoms with Crippen molar-refractivity contribution in [3.63, 3.8) is 0 Å². The molecule has 1 atom stereocenters. The van der Waals surface area contributed by atoms with E-state index < -0.39 is 6.10 Å². The van der Waals surface area contributed by atoms with E-state index in [4.69, 9.17) is 15.9 Å². The zero-order chi connectivity index (χ0) is 15.5. The van der Waals surface area contributed by atoms with Gasteiger partial charge in [-0.05, 0) is 18.1 Å². The number of methoxy groups -OCH3 is 1. The third-order valence-electron chi connectivity index (χ3n) is 3.23. The fraction of sp³-hybridized carbons (Fsp3) is 0.529. The van der Waals surface area contributed by atoms with Crippen LogP contribution < -0.4 is 0 Å². The van der Waals surface area contributed by atoms with Crippen LogP contribution in [0.4, 0.5) is 0 Å². The van der Waals surface area contributed by atoms with Crippen LogP contribution in [-0.4, -0.2) is 56.1 Å². The summed E-state index contributed by atoms with van der Waals surface area (Å²) in [5, 5.41) is 10.0. The highest BCUT2D eigenvalue weighted by Crippen LogP contribution is 2.11. The molecule has 0 saturated heterocycles. The Labute approximate surface area is 127 Å². The van der Waals surface area contributed by atoms with E-state index in [2.05, 4.69) is 29.9 Å². The van der Waals surface area contributed by atoms with Gasteiger partial charge in [0.2, 0.25) is 0 Å². The number of hydrogen-bond acceptors (Lipinski definition) is 4. The van der Waals surface area contributed by atoms with E-state index in [1.807, 2.05) is 12.1 Å². The molecule has 4 nitrogen and oxygen atoms in total. The maximum Gasteiger partial charge on any atom is 0.107 e. The van der Waals surface area contributed by atoms with Crippen LogP contribution in [-0.2, 0) is 16.0 Å². The highest BCUT2D eigenvalue weighted by molar-refractivity contribution is 5.25. The molecule has 1 rings (SSSR count). The summed E-state index contributed by atoms with van der Waals surface area (Å²) in [6.45, 7) is 5.27. The second-order valence-corrected chi connectivity index (χ2v) is 5.03. The van der Waals surface area contributed by atoms with Crippen LogP contribution in [0.1, 0.15) is 11.1 Å². The number of benzene rings is 1. The van der Waals surface area contributed by atoms with Crippen LogP contribution in [0.25, 0.3) is 0 Å². The van der Waals surface area contributed by atoms with E-state index in [-0.39, 0.29) is 13.2 Å². The van der Waals surface area contributed by atoms with Gasteiger partial charge in [-0.2, -0.15) is 0 Å². The van der Waals surface area contributed by atoms with Gasteiger partial charge in [0.1, 0.15) is 6.61 Å². The Hall–Kier alpha value is -1.38. The Bertz CT molecular complexity index is 442. The van der Waals surface area contributed by atoms with Gasteiger partial charge in [0, 0.05) is 26.7 Å². The molecule has 21 heavy (non-hydrogen) atoms. The standard InChI is InChI=1S/C17H25NO3/c1-4-10-21-14-17(19)13-18(9-11-20-3)12-16-8-6-5-7-15(16)2/h1,5-8,17,19H,9-14H2,2-3H3. The van der Waals surface area contributed by atoms with Gasteiger partial charge < -0.3 is 14.6 Å². The maximum atomic E-state index is 10.0. The minimum atomic E-state index is -0.556. The topological polar surface area (TPSA) is 41.9 Å². The number of ether oxygens (including phenoxy) is 2. The van der Waals surface area contributed by atoms with Crippen LogP contribution >= 0.6 is 0 Å². The number of aryl methyl sites for hydroxylation is 1. The van der Waals surface area contributed by atoms with Crippen molar-refractivity contribution < 1.29 is 14.6 Å². The van der Waals surface area contributed by atoms with Crippen molar-refractivity contribution in [1.82, 2.24) is 4.90 Å². The lowest BCUT2D eigenvalue weighted by molar-refractivity contribution is 0.0207. The summed E-state index contributed by atoms with van der Waals surface area (Å²) >= 11 is 0. The molecule has 0 aromatic heterocycles. The molecule has 0 aliphatic carbocycles. The molecule has 0 aliphatic heterocycles. The fourth-order valence-corrected chi connectivity index (χ4v) is 2.09. The number of rotatable bonds is 10. The fourth-order valence-electron chi connectivity index (χ4n) is 2.09. The molecule has 116 valence electrons. The summed E-state index contributed by atoms with van der Waals surface area (Å²) in [5.41, 5.74) is 2.50. The van der Waals surface area contributed by atoms with Crippen molar-refractivity contribution in [1.29, 1.82) is 0 Å². The van der Waals surface area contributed by atoms with Crippen LogP contribution in [0.5, 0.6) is 0 Å². The molecule has 0 aliphatic rings. The monoisotopic (exact) mass is 291 g/mol. The highest BCUT2D eigenvalue weighted by atomic mass is 16.5.